The van der Waals surface area contributed by atoms with Gasteiger partial charge in [-0.05, 0) is 33.7 Å². The van der Waals surface area contributed by atoms with Gasteiger partial charge in [-0.25, -0.2) is 0 Å². The van der Waals surface area contributed by atoms with Gasteiger partial charge in [0.2, 0.25) is 0 Å². The lowest BCUT2D eigenvalue weighted by molar-refractivity contribution is 0.0268. The summed E-state index contributed by atoms with van der Waals surface area (Å²) in [6, 6.07) is 20.5. The van der Waals surface area contributed by atoms with E-state index in [1.54, 1.807) is 0 Å². The Hall–Kier alpha value is -1.10. The molecule has 1 aliphatic heterocycles. The fraction of sp³-hybridized carbons (Fsp3) is 0.158. The molecule has 0 aromatic heterocycles. The van der Waals surface area contributed by atoms with Gasteiger partial charge in [0.15, 0.2) is 0 Å². The summed E-state index contributed by atoms with van der Waals surface area (Å²) in [5.41, 5.74) is 2.33. The van der Waals surface area contributed by atoms with E-state index in [0.29, 0.717) is 0 Å². The third-order valence-electron chi connectivity index (χ3n) is 3.62. The van der Waals surface area contributed by atoms with Gasteiger partial charge >= 0.3 is 0 Å². The highest BCUT2D eigenvalue weighted by Gasteiger charge is 2.27. The summed E-state index contributed by atoms with van der Waals surface area (Å²) in [6.45, 7) is 0. The van der Waals surface area contributed by atoms with Crippen molar-refractivity contribution in [2.75, 3.05) is 0 Å². The number of hydrogen-bond acceptors (Lipinski definition) is 1. The highest BCUT2D eigenvalue weighted by atomic mass is 127. The molecule has 2 atom stereocenters. The number of halogens is 2. The van der Waals surface area contributed by atoms with Crippen LogP contribution < -0.4 is 0 Å². The van der Waals surface area contributed by atoms with Gasteiger partial charge in [-0.15, -0.1) is 0 Å². The molecule has 1 heterocycles. The van der Waals surface area contributed by atoms with Gasteiger partial charge in [-0.1, -0.05) is 84.4 Å². The Balaban J connectivity index is 1.81. The third-order valence-corrected chi connectivity index (χ3v) is 5.56. The summed E-state index contributed by atoms with van der Waals surface area (Å²) in [4.78, 5) is 0. The quantitative estimate of drug-likeness (QED) is 0.542. The van der Waals surface area contributed by atoms with Crippen LogP contribution in [0.3, 0.4) is 0 Å². The van der Waals surface area contributed by atoms with Gasteiger partial charge in [0.05, 0.1) is 6.10 Å². The fourth-order valence-corrected chi connectivity index (χ4v) is 3.28. The zero-order valence-electron chi connectivity index (χ0n) is 12.0. The normalized spacial score (nSPS) is 22.3. The number of benzene rings is 2. The molecule has 2 unspecified atom stereocenters. The molecule has 0 saturated carbocycles. The molecule has 2 aromatic rings. The first-order valence-corrected chi connectivity index (χ1v) is 8.67. The van der Waals surface area contributed by atoms with Crippen molar-refractivity contribution < 1.29 is 4.74 Å². The number of ether oxygens (including phenoxy) is 1. The average molecular weight is 423 g/mol. The molecule has 0 bridgehead atoms. The number of hydrogen-bond donors (Lipinski definition) is 0. The standard InChI is InChI=1S/C19H16ClIO/c20-16-13-18(15-9-5-2-6-10-15)22-17(19(16)21)12-11-14-7-3-1-4-8-14/h1-12,17-18H,13H2/b12-11+. The molecule has 22 heavy (non-hydrogen) atoms. The van der Waals surface area contributed by atoms with Crippen molar-refractivity contribution in [1.29, 1.82) is 0 Å². The van der Waals surface area contributed by atoms with Gasteiger partial charge in [0.25, 0.3) is 0 Å². The molecule has 0 radical (unpaired) electrons. The predicted octanol–water partition coefficient (Wildman–Crippen LogP) is 6.12. The highest BCUT2D eigenvalue weighted by Crippen LogP contribution is 2.39. The van der Waals surface area contributed by atoms with Crippen molar-refractivity contribution in [2.45, 2.75) is 18.6 Å². The summed E-state index contributed by atoms with van der Waals surface area (Å²) in [7, 11) is 0. The minimum absolute atomic E-state index is 0.0117. The highest BCUT2D eigenvalue weighted by molar-refractivity contribution is 14.1. The van der Waals surface area contributed by atoms with Crippen LogP contribution >= 0.6 is 34.2 Å². The van der Waals surface area contributed by atoms with Gasteiger partial charge in [-0.2, -0.15) is 0 Å². The lowest BCUT2D eigenvalue weighted by atomic mass is 10.0. The molecule has 1 nitrogen and oxygen atoms in total. The molecule has 0 saturated heterocycles. The van der Waals surface area contributed by atoms with Gasteiger partial charge in [-0.3, -0.25) is 0 Å². The molecule has 1 aliphatic rings. The fourth-order valence-electron chi connectivity index (χ4n) is 2.46. The molecular formula is C19H16ClIO. The van der Waals surface area contributed by atoms with Crippen molar-refractivity contribution in [3.05, 3.63) is 86.5 Å². The number of rotatable bonds is 3. The first-order chi connectivity index (χ1) is 10.7. The van der Waals surface area contributed by atoms with E-state index in [1.165, 1.54) is 5.56 Å². The van der Waals surface area contributed by atoms with Crippen LogP contribution in [0.15, 0.2) is 75.4 Å². The van der Waals surface area contributed by atoms with Crippen molar-refractivity contribution in [3.8, 4) is 0 Å². The Labute approximate surface area is 149 Å². The van der Waals surface area contributed by atoms with Crippen LogP contribution in [0.5, 0.6) is 0 Å². The Kier molecular flexibility index (Phi) is 5.34. The summed E-state index contributed by atoms with van der Waals surface area (Å²) in [6.07, 6.45) is 4.82. The summed E-state index contributed by atoms with van der Waals surface area (Å²) in [5.74, 6) is 0. The van der Waals surface area contributed by atoms with Crippen molar-refractivity contribution in [2.24, 2.45) is 0 Å². The molecule has 2 aromatic carbocycles. The van der Waals surface area contributed by atoms with Crippen LogP contribution in [0.2, 0.25) is 0 Å². The van der Waals surface area contributed by atoms with Crippen LogP contribution in [-0.4, -0.2) is 6.10 Å². The zero-order valence-corrected chi connectivity index (χ0v) is 14.9. The SMILES string of the molecule is ClC1=C(I)C(/C=C/c2ccccc2)OC(c2ccccc2)C1. The second-order valence-corrected chi connectivity index (χ2v) is 6.80. The van der Waals surface area contributed by atoms with E-state index < -0.39 is 0 Å². The molecule has 0 N–H and O–H groups in total. The maximum absolute atomic E-state index is 6.45. The first kappa shape index (κ1) is 15.8. The van der Waals surface area contributed by atoms with Crippen LogP contribution in [0.4, 0.5) is 0 Å². The summed E-state index contributed by atoms with van der Waals surface area (Å²) < 4.78 is 7.31. The van der Waals surface area contributed by atoms with Gasteiger partial charge in [0, 0.05) is 15.0 Å². The van der Waals surface area contributed by atoms with E-state index in [0.717, 1.165) is 20.6 Å². The van der Waals surface area contributed by atoms with E-state index in [9.17, 15) is 0 Å². The molecule has 3 heteroatoms. The molecule has 0 fully saturated rings. The van der Waals surface area contributed by atoms with Crippen LogP contribution in [-0.2, 0) is 4.74 Å². The third kappa shape index (κ3) is 3.80. The maximum Gasteiger partial charge on any atom is 0.109 e. The second kappa shape index (κ2) is 7.44. The van der Waals surface area contributed by atoms with Crippen molar-refractivity contribution in [1.82, 2.24) is 0 Å². The van der Waals surface area contributed by atoms with E-state index in [4.69, 9.17) is 16.3 Å². The maximum atomic E-state index is 6.45. The minimum Gasteiger partial charge on any atom is -0.361 e. The molecular weight excluding hydrogens is 407 g/mol. The molecule has 0 spiro atoms. The monoisotopic (exact) mass is 422 g/mol. The summed E-state index contributed by atoms with van der Waals surface area (Å²) in [5, 5.41) is 0.892. The topological polar surface area (TPSA) is 9.23 Å². The Morgan fingerprint density at radius 2 is 1.64 bits per heavy atom. The lowest BCUT2D eigenvalue weighted by Gasteiger charge is -2.29. The van der Waals surface area contributed by atoms with Crippen LogP contribution in [0.1, 0.15) is 23.7 Å². The Morgan fingerprint density at radius 3 is 2.32 bits per heavy atom. The smallest absolute Gasteiger partial charge is 0.109 e. The lowest BCUT2D eigenvalue weighted by Crippen LogP contribution is -2.21. The average Bonchev–Trinajstić information content (AvgIpc) is 2.58. The van der Waals surface area contributed by atoms with E-state index in [2.05, 4.69) is 59.0 Å². The minimum atomic E-state index is -0.0905. The molecule has 0 aliphatic carbocycles. The zero-order chi connectivity index (χ0) is 15.4. The van der Waals surface area contributed by atoms with Crippen molar-refractivity contribution >= 4 is 40.3 Å². The Morgan fingerprint density at radius 1 is 1.00 bits per heavy atom. The molecule has 0 amide bonds. The van der Waals surface area contributed by atoms with E-state index in [1.807, 2.05) is 36.4 Å². The second-order valence-electron chi connectivity index (χ2n) is 5.18. The Bertz CT molecular complexity index is 679. The van der Waals surface area contributed by atoms with Crippen molar-refractivity contribution in [3.63, 3.8) is 0 Å². The van der Waals surface area contributed by atoms with Crippen LogP contribution in [0, 0.1) is 0 Å². The van der Waals surface area contributed by atoms with Gasteiger partial charge < -0.3 is 4.74 Å². The summed E-state index contributed by atoms with van der Waals surface area (Å²) >= 11 is 8.73. The predicted molar refractivity (Wildman–Crippen MR) is 101 cm³/mol. The molecule has 3 rings (SSSR count). The van der Waals surface area contributed by atoms with E-state index >= 15 is 0 Å². The molecule has 112 valence electrons. The van der Waals surface area contributed by atoms with Crippen LogP contribution in [0.25, 0.3) is 6.08 Å². The largest absolute Gasteiger partial charge is 0.361 e. The van der Waals surface area contributed by atoms with E-state index in [-0.39, 0.29) is 12.2 Å². The van der Waals surface area contributed by atoms with Gasteiger partial charge in [0.1, 0.15) is 6.10 Å². The first-order valence-electron chi connectivity index (χ1n) is 7.22.